The summed E-state index contributed by atoms with van der Waals surface area (Å²) in [4.78, 5) is 5.04. The summed E-state index contributed by atoms with van der Waals surface area (Å²) in [5.74, 6) is 1.34. The summed E-state index contributed by atoms with van der Waals surface area (Å²) in [7, 11) is -1.35. The molecule has 3 fully saturated rings. The monoisotopic (exact) mass is 397 g/mol. The second kappa shape index (κ2) is 8.40. The van der Waals surface area contributed by atoms with Crippen molar-refractivity contribution in [1.29, 1.82) is 0 Å². The fraction of sp³-hybridized carbons (Fsp3) is 0.579. The Kier molecular flexibility index (Phi) is 6.41. The fourth-order valence-corrected chi connectivity index (χ4v) is 5.47. The summed E-state index contributed by atoms with van der Waals surface area (Å²) in [6, 6.07) is 6.59. The average molecular weight is 398 g/mol. The molecule has 7 heteroatoms. The van der Waals surface area contributed by atoms with Gasteiger partial charge in [-0.25, -0.2) is 13.1 Å². The summed E-state index contributed by atoms with van der Waals surface area (Å²) in [5, 5.41) is 0.534. The Morgan fingerprint density at radius 2 is 2.12 bits per heavy atom. The number of hydrogen-bond donors (Lipinski definition) is 1. The summed E-state index contributed by atoms with van der Waals surface area (Å²) in [6.45, 7) is 8.39. The third-order valence-electron chi connectivity index (χ3n) is 5.63. The minimum atomic E-state index is -3.49. The number of rotatable bonds is 8. The number of nitrogens with one attached hydrogen (secondary N) is 1. The lowest BCUT2D eigenvalue weighted by Crippen LogP contribution is -2.58. The van der Waals surface area contributed by atoms with E-state index in [1.54, 1.807) is 24.3 Å². The lowest BCUT2D eigenvalue weighted by molar-refractivity contribution is -0.00640. The van der Waals surface area contributed by atoms with E-state index in [0.29, 0.717) is 23.4 Å². The zero-order chi connectivity index (χ0) is 18.7. The van der Waals surface area contributed by atoms with Crippen molar-refractivity contribution in [2.45, 2.75) is 23.8 Å². The molecular weight excluding hydrogens is 370 g/mol. The number of sulfonamides is 1. The molecule has 4 rings (SSSR count). The van der Waals surface area contributed by atoms with Crippen molar-refractivity contribution in [2.75, 3.05) is 39.8 Å². The molecule has 0 radical (unpaired) electrons. The molecule has 3 aliphatic heterocycles. The lowest BCUT2D eigenvalue weighted by Gasteiger charge is -2.50. The van der Waals surface area contributed by atoms with E-state index in [4.69, 9.17) is 11.6 Å². The van der Waals surface area contributed by atoms with Gasteiger partial charge in [0.05, 0.1) is 4.90 Å². The van der Waals surface area contributed by atoms with Crippen molar-refractivity contribution in [3.63, 3.8) is 0 Å². The van der Waals surface area contributed by atoms with Crippen LogP contribution in [0.1, 0.15) is 12.8 Å². The van der Waals surface area contributed by atoms with Crippen LogP contribution in [0.25, 0.3) is 0 Å². The van der Waals surface area contributed by atoms with Crippen molar-refractivity contribution in [3.05, 3.63) is 41.9 Å². The Balaban J connectivity index is 1.56. The van der Waals surface area contributed by atoms with E-state index in [-0.39, 0.29) is 10.9 Å². The first-order valence-electron chi connectivity index (χ1n) is 9.18. The second-order valence-corrected chi connectivity index (χ2v) is 9.71. The molecule has 0 aliphatic carbocycles. The van der Waals surface area contributed by atoms with Gasteiger partial charge in [-0.05, 0) is 62.5 Å². The Morgan fingerprint density at radius 3 is 2.73 bits per heavy atom. The summed E-state index contributed by atoms with van der Waals surface area (Å²) in [5.41, 5.74) is 0. The number of fused-ring (bicyclic) bond motifs is 3. The molecule has 0 aromatic heterocycles. The number of piperidine rings is 3. The summed E-state index contributed by atoms with van der Waals surface area (Å²) < 4.78 is 27.8. The molecule has 26 heavy (non-hydrogen) atoms. The number of likely N-dealkylation sites (N-methyl/N-ethyl adjacent to an activating group) is 1. The smallest absolute Gasteiger partial charge is 0.240 e. The quantitative estimate of drug-likeness (QED) is 0.684. The molecule has 0 saturated carbocycles. The summed E-state index contributed by atoms with van der Waals surface area (Å²) in [6.07, 6.45) is 4.22. The van der Waals surface area contributed by atoms with Gasteiger partial charge in [0.25, 0.3) is 0 Å². The zero-order valence-corrected chi connectivity index (χ0v) is 16.8. The molecule has 1 aromatic rings. The number of benzene rings is 1. The lowest BCUT2D eigenvalue weighted by atomic mass is 9.75. The Bertz CT molecular complexity index is 723. The molecule has 3 heterocycles. The van der Waals surface area contributed by atoms with Gasteiger partial charge in [-0.1, -0.05) is 17.7 Å². The van der Waals surface area contributed by atoms with Crippen LogP contribution in [-0.4, -0.2) is 64.0 Å². The van der Waals surface area contributed by atoms with Crippen molar-refractivity contribution >= 4 is 21.6 Å². The molecule has 3 saturated heterocycles. The van der Waals surface area contributed by atoms with Crippen LogP contribution in [-0.2, 0) is 10.0 Å². The van der Waals surface area contributed by atoms with Gasteiger partial charge in [-0.15, -0.1) is 6.58 Å². The molecule has 3 aliphatic rings. The molecule has 2 bridgehead atoms. The maximum atomic E-state index is 12.5. The Morgan fingerprint density at radius 1 is 1.38 bits per heavy atom. The van der Waals surface area contributed by atoms with Crippen LogP contribution in [0.15, 0.2) is 41.8 Å². The van der Waals surface area contributed by atoms with Gasteiger partial charge in [0.2, 0.25) is 10.0 Å². The van der Waals surface area contributed by atoms with Crippen LogP contribution in [0.5, 0.6) is 0 Å². The molecule has 1 aromatic carbocycles. The molecule has 0 spiro atoms. The van der Waals surface area contributed by atoms with E-state index in [1.165, 1.54) is 6.42 Å². The fourth-order valence-electron chi connectivity index (χ4n) is 4.27. The predicted molar refractivity (Wildman–Crippen MR) is 106 cm³/mol. The van der Waals surface area contributed by atoms with Crippen LogP contribution in [0, 0.1) is 11.8 Å². The third-order valence-corrected chi connectivity index (χ3v) is 7.33. The van der Waals surface area contributed by atoms with E-state index in [9.17, 15) is 8.42 Å². The largest absolute Gasteiger partial charge is 0.302 e. The highest BCUT2D eigenvalue weighted by Gasteiger charge is 2.40. The third kappa shape index (κ3) is 4.67. The van der Waals surface area contributed by atoms with Gasteiger partial charge in [0.1, 0.15) is 0 Å². The standard InChI is InChI=1S/C19H28ClN3O2S/c1-3-9-22(2)13-16-14-23-10-8-15(16)11-18(23)12-21-26(24,25)19-6-4-17(20)5-7-19/h3-7,15-16,18,21H,1,8-14H2,2H3/t15-,16-,18+/m0/s1. The van der Waals surface area contributed by atoms with Crippen molar-refractivity contribution < 1.29 is 8.42 Å². The molecule has 144 valence electrons. The van der Waals surface area contributed by atoms with E-state index in [2.05, 4.69) is 28.1 Å². The highest BCUT2D eigenvalue weighted by Crippen LogP contribution is 2.36. The molecular formula is C19H28ClN3O2S. The highest BCUT2D eigenvalue weighted by molar-refractivity contribution is 7.89. The minimum absolute atomic E-state index is 0.266. The van der Waals surface area contributed by atoms with Crippen LogP contribution >= 0.6 is 11.6 Å². The highest BCUT2D eigenvalue weighted by atomic mass is 35.5. The topological polar surface area (TPSA) is 52.6 Å². The molecule has 0 amide bonds. The number of nitrogens with zero attached hydrogens (tertiary/aromatic N) is 2. The first-order chi connectivity index (χ1) is 12.4. The van der Waals surface area contributed by atoms with Gasteiger partial charge < -0.3 is 4.90 Å². The second-order valence-electron chi connectivity index (χ2n) is 7.51. The van der Waals surface area contributed by atoms with E-state index < -0.39 is 10.0 Å². The van der Waals surface area contributed by atoms with Gasteiger partial charge in [0, 0.05) is 37.2 Å². The molecule has 1 N–H and O–H groups in total. The minimum Gasteiger partial charge on any atom is -0.302 e. The van der Waals surface area contributed by atoms with Crippen molar-refractivity contribution in [3.8, 4) is 0 Å². The van der Waals surface area contributed by atoms with Crippen LogP contribution in [0.4, 0.5) is 0 Å². The van der Waals surface area contributed by atoms with E-state index in [1.807, 2.05) is 6.08 Å². The maximum Gasteiger partial charge on any atom is 0.240 e. The van der Waals surface area contributed by atoms with E-state index in [0.717, 1.165) is 32.6 Å². The zero-order valence-electron chi connectivity index (χ0n) is 15.3. The molecule has 5 nitrogen and oxygen atoms in total. The summed E-state index contributed by atoms with van der Waals surface area (Å²) >= 11 is 5.84. The normalized spacial score (nSPS) is 28.4. The number of hydrogen-bond acceptors (Lipinski definition) is 4. The van der Waals surface area contributed by atoms with Crippen molar-refractivity contribution in [1.82, 2.24) is 14.5 Å². The molecule has 1 unspecified atom stereocenters. The van der Waals surface area contributed by atoms with Gasteiger partial charge in [-0.2, -0.15) is 0 Å². The van der Waals surface area contributed by atoms with Gasteiger partial charge >= 0.3 is 0 Å². The average Bonchev–Trinajstić information content (AvgIpc) is 2.61. The first-order valence-corrected chi connectivity index (χ1v) is 11.0. The molecule has 4 atom stereocenters. The van der Waals surface area contributed by atoms with Crippen molar-refractivity contribution in [2.24, 2.45) is 11.8 Å². The van der Waals surface area contributed by atoms with Gasteiger partial charge in [-0.3, -0.25) is 4.90 Å². The van der Waals surface area contributed by atoms with Crippen LogP contribution < -0.4 is 4.72 Å². The van der Waals surface area contributed by atoms with E-state index >= 15 is 0 Å². The maximum absolute atomic E-state index is 12.5. The van der Waals surface area contributed by atoms with Crippen LogP contribution in [0.3, 0.4) is 0 Å². The Hall–Kier alpha value is -0.920. The SMILES string of the molecule is C=CCN(C)C[C@H]1CN2CC[C@H]1C[C@@H]2CNS(=O)(=O)c1ccc(Cl)cc1. The van der Waals surface area contributed by atoms with Gasteiger partial charge in [0.15, 0.2) is 0 Å². The van der Waals surface area contributed by atoms with Crippen LogP contribution in [0.2, 0.25) is 5.02 Å². The number of halogens is 1. The predicted octanol–water partition coefficient (Wildman–Crippen LogP) is 2.45. The first kappa shape index (κ1) is 19.8. The Labute approximate surface area is 162 Å².